The molecule has 0 bridgehead atoms. The van der Waals surface area contributed by atoms with Crippen LogP contribution < -0.4 is 9.47 Å². The molecular formula is C20H22N6O5. The highest BCUT2D eigenvalue weighted by atomic mass is 16.7. The maximum absolute atomic E-state index is 12.6. The second-order valence-electron chi connectivity index (χ2n) is 7.67. The molecule has 2 aromatic rings. The van der Waals surface area contributed by atoms with Crippen LogP contribution in [-0.2, 0) is 9.59 Å². The number of carbonyl (C=O) groups is 2. The van der Waals surface area contributed by atoms with Crippen LogP contribution in [0.25, 0.3) is 11.4 Å². The van der Waals surface area contributed by atoms with Gasteiger partial charge in [0.05, 0.1) is 0 Å². The van der Waals surface area contributed by atoms with Gasteiger partial charge in [0.15, 0.2) is 11.5 Å². The van der Waals surface area contributed by atoms with Crippen LogP contribution in [0.2, 0.25) is 0 Å². The summed E-state index contributed by atoms with van der Waals surface area (Å²) in [6.45, 7) is 3.03. The first-order valence-corrected chi connectivity index (χ1v) is 10.1. The van der Waals surface area contributed by atoms with E-state index in [0.717, 1.165) is 13.1 Å². The Kier molecular flexibility index (Phi) is 5.02. The number of hydrogen-bond acceptors (Lipinski definition) is 9. The molecule has 11 heteroatoms. The van der Waals surface area contributed by atoms with Gasteiger partial charge in [-0.05, 0) is 25.2 Å². The Balaban J connectivity index is 1.31. The molecule has 5 rings (SSSR count). The number of nitrogens with zero attached hydrogens (tertiary/aromatic N) is 6. The minimum Gasteiger partial charge on any atom is -0.454 e. The van der Waals surface area contributed by atoms with Gasteiger partial charge in [-0.15, -0.1) is 0 Å². The van der Waals surface area contributed by atoms with E-state index >= 15 is 0 Å². The molecule has 1 saturated heterocycles. The topological polar surface area (TPSA) is 114 Å². The van der Waals surface area contributed by atoms with E-state index < -0.39 is 0 Å². The number of likely N-dealkylation sites (N-methyl/N-ethyl adjacent to an activating group) is 1. The summed E-state index contributed by atoms with van der Waals surface area (Å²) >= 11 is 0. The van der Waals surface area contributed by atoms with Crippen molar-refractivity contribution in [2.75, 3.05) is 46.6 Å². The lowest BCUT2D eigenvalue weighted by Gasteiger charge is -2.33. The number of fused-ring (bicyclic) bond motifs is 1. The molecule has 0 radical (unpaired) electrons. The van der Waals surface area contributed by atoms with Crippen molar-refractivity contribution >= 4 is 17.5 Å². The van der Waals surface area contributed by atoms with E-state index in [0.29, 0.717) is 48.1 Å². The van der Waals surface area contributed by atoms with Crippen LogP contribution in [0.15, 0.2) is 27.8 Å². The molecule has 0 N–H and O–H groups in total. The minimum atomic E-state index is -0.193. The van der Waals surface area contributed by atoms with E-state index in [9.17, 15) is 9.59 Å². The molecule has 1 aromatic heterocycles. The summed E-state index contributed by atoms with van der Waals surface area (Å²) in [5.41, 5.74) is 1.21. The monoisotopic (exact) mass is 426 g/mol. The molecule has 3 aliphatic rings. The Morgan fingerprint density at radius 2 is 1.90 bits per heavy atom. The lowest BCUT2D eigenvalue weighted by Crippen LogP contribution is -2.50. The first-order valence-electron chi connectivity index (χ1n) is 10.1. The van der Waals surface area contributed by atoms with Crippen LogP contribution in [0, 0.1) is 0 Å². The third-order valence-electron chi connectivity index (χ3n) is 5.55. The molecule has 0 atom stereocenters. The largest absolute Gasteiger partial charge is 0.454 e. The summed E-state index contributed by atoms with van der Waals surface area (Å²) in [7, 11) is 2.02. The standard InChI is InChI=1S/C20H22N6O5/c1-24-6-8-25(9-7-24)18(28)11-26-17(27)5-3-14(22-26)20-21-19(23-31-20)13-2-4-15-16(10-13)30-12-29-15/h2,4,10H,3,5-9,11-12H2,1H3. The summed E-state index contributed by atoms with van der Waals surface area (Å²) in [5, 5.41) is 9.59. The van der Waals surface area contributed by atoms with Crippen LogP contribution in [0.4, 0.5) is 0 Å². The van der Waals surface area contributed by atoms with E-state index in [1.807, 2.05) is 13.1 Å². The minimum absolute atomic E-state index is 0.0881. The van der Waals surface area contributed by atoms with Gasteiger partial charge >= 0.3 is 0 Å². The third kappa shape index (κ3) is 3.96. The van der Waals surface area contributed by atoms with Gasteiger partial charge in [0, 0.05) is 44.6 Å². The highest BCUT2D eigenvalue weighted by Crippen LogP contribution is 2.35. The van der Waals surface area contributed by atoms with Crippen LogP contribution >= 0.6 is 0 Å². The number of amides is 2. The van der Waals surface area contributed by atoms with E-state index in [-0.39, 0.29) is 37.5 Å². The number of hydrogen-bond donors (Lipinski definition) is 0. The number of benzene rings is 1. The zero-order valence-corrected chi connectivity index (χ0v) is 17.1. The Morgan fingerprint density at radius 3 is 2.74 bits per heavy atom. The molecule has 1 fully saturated rings. The highest BCUT2D eigenvalue weighted by molar-refractivity contribution is 6.01. The second-order valence-corrected chi connectivity index (χ2v) is 7.67. The number of piperazine rings is 1. The normalized spacial score (nSPS) is 19.0. The van der Waals surface area contributed by atoms with Crippen LogP contribution in [0.5, 0.6) is 11.5 Å². The fourth-order valence-corrected chi connectivity index (χ4v) is 3.66. The van der Waals surface area contributed by atoms with Gasteiger partial charge in [0.25, 0.3) is 5.89 Å². The Bertz CT molecular complexity index is 1040. The Morgan fingerprint density at radius 1 is 1.10 bits per heavy atom. The second kappa shape index (κ2) is 7.99. The quantitative estimate of drug-likeness (QED) is 0.697. The Labute approximate surface area is 178 Å². The van der Waals surface area contributed by atoms with Crippen molar-refractivity contribution in [3.8, 4) is 22.9 Å². The Hall–Kier alpha value is -3.47. The van der Waals surface area contributed by atoms with E-state index in [4.69, 9.17) is 14.0 Å². The van der Waals surface area contributed by atoms with Crippen LogP contribution in [0.3, 0.4) is 0 Å². The zero-order valence-electron chi connectivity index (χ0n) is 17.1. The molecule has 0 aliphatic carbocycles. The van der Waals surface area contributed by atoms with Crippen molar-refractivity contribution in [3.63, 3.8) is 0 Å². The lowest BCUT2D eigenvalue weighted by molar-refractivity contribution is -0.141. The number of ether oxygens (including phenoxy) is 2. The maximum atomic E-state index is 12.6. The summed E-state index contributed by atoms with van der Waals surface area (Å²) in [5.74, 6) is 1.60. The van der Waals surface area contributed by atoms with Crippen LogP contribution in [-0.4, -0.2) is 89.0 Å². The number of hydrazone groups is 1. The average molecular weight is 426 g/mol. The molecule has 31 heavy (non-hydrogen) atoms. The average Bonchev–Trinajstić information content (AvgIpc) is 3.45. The van der Waals surface area contributed by atoms with Gasteiger partial charge in [-0.2, -0.15) is 10.1 Å². The fourth-order valence-electron chi connectivity index (χ4n) is 3.66. The molecule has 4 heterocycles. The summed E-state index contributed by atoms with van der Waals surface area (Å²) < 4.78 is 16.1. The zero-order chi connectivity index (χ0) is 21.4. The molecule has 0 saturated carbocycles. The van der Waals surface area contributed by atoms with Gasteiger partial charge in [-0.25, -0.2) is 5.01 Å². The molecule has 0 unspecified atom stereocenters. The SMILES string of the molecule is CN1CCN(C(=O)CN2N=C(c3nc(-c4ccc5c(c4)OCO5)no3)CCC2=O)CC1. The van der Waals surface area contributed by atoms with Crippen molar-refractivity contribution in [2.24, 2.45) is 5.10 Å². The molecule has 1 aromatic carbocycles. The van der Waals surface area contributed by atoms with Crippen molar-refractivity contribution in [1.29, 1.82) is 0 Å². The van der Waals surface area contributed by atoms with Crippen molar-refractivity contribution in [2.45, 2.75) is 12.8 Å². The van der Waals surface area contributed by atoms with Gasteiger partial charge in [0.1, 0.15) is 12.3 Å². The van der Waals surface area contributed by atoms with Gasteiger partial charge in [-0.1, -0.05) is 5.16 Å². The first-order chi connectivity index (χ1) is 15.1. The number of rotatable bonds is 4. The predicted octanol–water partition coefficient (Wildman–Crippen LogP) is 0.566. The highest BCUT2D eigenvalue weighted by Gasteiger charge is 2.29. The number of carbonyl (C=O) groups excluding carboxylic acids is 2. The van der Waals surface area contributed by atoms with Crippen LogP contribution in [0.1, 0.15) is 18.7 Å². The van der Waals surface area contributed by atoms with Crippen molar-refractivity contribution in [1.82, 2.24) is 24.9 Å². The molecular weight excluding hydrogens is 404 g/mol. The van der Waals surface area contributed by atoms with Gasteiger partial charge in [-0.3, -0.25) is 9.59 Å². The van der Waals surface area contributed by atoms with E-state index in [1.54, 1.807) is 17.0 Å². The summed E-state index contributed by atoms with van der Waals surface area (Å²) in [6, 6.07) is 5.38. The summed E-state index contributed by atoms with van der Waals surface area (Å²) in [6.07, 6.45) is 0.609. The van der Waals surface area contributed by atoms with Gasteiger partial charge in [0.2, 0.25) is 24.4 Å². The van der Waals surface area contributed by atoms with Crippen molar-refractivity contribution < 1.29 is 23.6 Å². The predicted molar refractivity (Wildman–Crippen MR) is 107 cm³/mol. The van der Waals surface area contributed by atoms with Crippen molar-refractivity contribution in [3.05, 3.63) is 24.1 Å². The molecule has 162 valence electrons. The summed E-state index contributed by atoms with van der Waals surface area (Å²) in [4.78, 5) is 33.3. The lowest BCUT2D eigenvalue weighted by atomic mass is 10.1. The molecule has 3 aliphatic heterocycles. The fraction of sp³-hybridized carbons (Fsp3) is 0.450. The molecule has 0 spiro atoms. The van der Waals surface area contributed by atoms with E-state index in [2.05, 4.69) is 20.1 Å². The third-order valence-corrected chi connectivity index (χ3v) is 5.55. The van der Waals surface area contributed by atoms with E-state index in [1.165, 1.54) is 5.01 Å². The first kappa shape index (κ1) is 19.5. The molecule has 11 nitrogen and oxygen atoms in total. The maximum Gasteiger partial charge on any atom is 0.274 e. The number of aromatic nitrogens is 2. The smallest absolute Gasteiger partial charge is 0.274 e. The van der Waals surface area contributed by atoms with Gasteiger partial charge < -0.3 is 23.8 Å². The molecule has 2 amide bonds.